The number of hydrogen-bond acceptors (Lipinski definition) is 3. The van der Waals surface area contributed by atoms with Crippen LogP contribution in [0.5, 0.6) is 11.5 Å². The monoisotopic (exact) mass is 505 g/mol. The largest absolute Gasteiger partial charge is 0.458 e. The maximum Gasteiger partial charge on any atom is 0.458 e. The number of aliphatic hydroxyl groups is 1. The molecule has 3 aromatic carbocycles. The highest BCUT2D eigenvalue weighted by Gasteiger charge is 2.58. The lowest BCUT2D eigenvalue weighted by molar-refractivity contribution is -0.289. The zero-order valence-electron chi connectivity index (χ0n) is 18.0. The fourth-order valence-electron chi connectivity index (χ4n) is 3.13. The Morgan fingerprint density at radius 1 is 0.771 bits per heavy atom. The molecule has 3 rings (SSSR count). The lowest BCUT2D eigenvalue weighted by Gasteiger charge is -2.30. The molecule has 0 radical (unpaired) electrons. The third-order valence-electron chi connectivity index (χ3n) is 5.00. The van der Waals surface area contributed by atoms with E-state index in [1.807, 2.05) is 6.92 Å². The molecule has 0 bridgehead atoms. The van der Waals surface area contributed by atoms with Crippen molar-refractivity contribution in [1.82, 2.24) is 0 Å². The number of anilines is 2. The van der Waals surface area contributed by atoms with Gasteiger partial charge in [-0.05, 0) is 43.3 Å². The molecule has 0 spiro atoms. The minimum absolute atomic E-state index is 0.0367. The summed E-state index contributed by atoms with van der Waals surface area (Å²) in [5.41, 5.74) is -0.956. The standard InChI is InChI=1S/C24H19F8NO2/c1-15-8-10-19(11-9-15)35-20-7-3-6-18(13-20)33(14-21(34)23(27,28)29)17-5-2-4-16(12-17)22(25,26)24(30,31)32/h2-13,21,34H,14H2,1H3. The molecule has 0 aromatic heterocycles. The van der Waals surface area contributed by atoms with Crippen LogP contribution in [0.2, 0.25) is 0 Å². The average molecular weight is 505 g/mol. The van der Waals surface area contributed by atoms with Crippen LogP contribution in [0.1, 0.15) is 11.1 Å². The van der Waals surface area contributed by atoms with Crippen molar-refractivity contribution < 1.29 is 45.0 Å². The van der Waals surface area contributed by atoms with E-state index in [0.29, 0.717) is 17.9 Å². The van der Waals surface area contributed by atoms with Gasteiger partial charge in [-0.3, -0.25) is 0 Å². The van der Waals surface area contributed by atoms with Crippen molar-refractivity contribution in [1.29, 1.82) is 0 Å². The first-order valence-electron chi connectivity index (χ1n) is 10.1. The minimum atomic E-state index is -5.91. The highest BCUT2D eigenvalue weighted by atomic mass is 19.4. The van der Waals surface area contributed by atoms with Gasteiger partial charge in [-0.15, -0.1) is 0 Å². The zero-order valence-corrected chi connectivity index (χ0v) is 18.0. The van der Waals surface area contributed by atoms with Crippen molar-refractivity contribution in [2.45, 2.75) is 31.3 Å². The first kappa shape index (κ1) is 26.3. The van der Waals surface area contributed by atoms with Gasteiger partial charge in [-0.25, -0.2) is 0 Å². The van der Waals surface area contributed by atoms with Crippen molar-refractivity contribution in [2.24, 2.45) is 0 Å². The second kappa shape index (κ2) is 9.73. The van der Waals surface area contributed by atoms with Gasteiger partial charge in [-0.2, -0.15) is 35.1 Å². The first-order chi connectivity index (χ1) is 16.2. The van der Waals surface area contributed by atoms with Crippen LogP contribution in [0, 0.1) is 6.92 Å². The maximum atomic E-state index is 13.9. The molecule has 11 heteroatoms. The Balaban J connectivity index is 2.03. The van der Waals surface area contributed by atoms with Gasteiger partial charge in [0, 0.05) is 23.0 Å². The SMILES string of the molecule is Cc1ccc(Oc2cccc(N(CC(O)C(F)(F)F)c3cccc(C(F)(F)C(F)(F)F)c3)c2)cc1. The van der Waals surface area contributed by atoms with Gasteiger partial charge in [0.1, 0.15) is 11.5 Å². The predicted octanol–water partition coefficient (Wildman–Crippen LogP) is 7.50. The highest BCUT2D eigenvalue weighted by Crippen LogP contribution is 2.45. The van der Waals surface area contributed by atoms with Gasteiger partial charge in [0.05, 0.1) is 6.54 Å². The molecule has 1 unspecified atom stereocenters. The summed E-state index contributed by atoms with van der Waals surface area (Å²) in [5, 5.41) is 9.64. The number of alkyl halides is 8. The van der Waals surface area contributed by atoms with Gasteiger partial charge in [-0.1, -0.05) is 35.9 Å². The lowest BCUT2D eigenvalue weighted by Crippen LogP contribution is -2.39. The Hall–Kier alpha value is -3.34. The molecule has 0 amide bonds. The zero-order chi connectivity index (χ0) is 26.0. The molecule has 0 saturated carbocycles. The molecule has 0 aliphatic carbocycles. The summed E-state index contributed by atoms with van der Waals surface area (Å²) in [4.78, 5) is 0.788. The molecule has 1 N–H and O–H groups in total. The third-order valence-corrected chi connectivity index (χ3v) is 5.00. The Morgan fingerprint density at radius 3 is 1.91 bits per heavy atom. The number of halogens is 8. The Labute approximate surface area is 195 Å². The predicted molar refractivity (Wildman–Crippen MR) is 113 cm³/mol. The fourth-order valence-corrected chi connectivity index (χ4v) is 3.13. The molecule has 0 aliphatic rings. The summed E-state index contributed by atoms with van der Waals surface area (Å²) in [6.07, 6.45) is -13.9. The van der Waals surface area contributed by atoms with Crippen LogP contribution in [0.25, 0.3) is 0 Å². The molecule has 1 atom stereocenters. The van der Waals surface area contributed by atoms with Gasteiger partial charge in [0.25, 0.3) is 0 Å². The van der Waals surface area contributed by atoms with Crippen molar-refractivity contribution in [3.63, 3.8) is 0 Å². The van der Waals surface area contributed by atoms with Crippen LogP contribution in [-0.4, -0.2) is 30.1 Å². The van der Waals surface area contributed by atoms with E-state index in [4.69, 9.17) is 4.74 Å². The number of ether oxygens (including phenoxy) is 1. The first-order valence-corrected chi connectivity index (χ1v) is 10.1. The van der Waals surface area contributed by atoms with Gasteiger partial charge >= 0.3 is 18.3 Å². The summed E-state index contributed by atoms with van der Waals surface area (Å²) < 4.78 is 111. The van der Waals surface area contributed by atoms with E-state index >= 15 is 0 Å². The summed E-state index contributed by atoms with van der Waals surface area (Å²) in [6.45, 7) is 0.684. The molecule has 188 valence electrons. The van der Waals surface area contributed by atoms with Crippen LogP contribution < -0.4 is 9.64 Å². The van der Waals surface area contributed by atoms with Gasteiger partial charge in [0.2, 0.25) is 0 Å². The van der Waals surface area contributed by atoms with E-state index in [0.717, 1.165) is 22.6 Å². The second-order valence-electron chi connectivity index (χ2n) is 7.70. The second-order valence-corrected chi connectivity index (χ2v) is 7.70. The van der Waals surface area contributed by atoms with E-state index in [1.165, 1.54) is 24.3 Å². The topological polar surface area (TPSA) is 32.7 Å². The highest BCUT2D eigenvalue weighted by molar-refractivity contribution is 5.66. The summed E-state index contributed by atoms with van der Waals surface area (Å²) in [5.74, 6) is -4.68. The van der Waals surface area contributed by atoms with Crippen LogP contribution in [0.3, 0.4) is 0 Å². The third kappa shape index (κ3) is 6.21. The number of benzene rings is 3. The molecule has 0 aliphatic heterocycles. The molecular weight excluding hydrogens is 486 g/mol. The summed E-state index contributed by atoms with van der Waals surface area (Å²) in [7, 11) is 0. The fraction of sp³-hybridized carbons (Fsp3) is 0.250. The smallest absolute Gasteiger partial charge is 0.457 e. The summed E-state index contributed by atoms with van der Waals surface area (Å²) >= 11 is 0. The minimum Gasteiger partial charge on any atom is -0.457 e. The van der Waals surface area contributed by atoms with Crippen molar-refractivity contribution in [2.75, 3.05) is 11.4 Å². The van der Waals surface area contributed by atoms with Crippen LogP contribution >= 0.6 is 0 Å². The number of nitrogens with zero attached hydrogens (tertiary/aromatic N) is 1. The molecule has 0 fully saturated rings. The van der Waals surface area contributed by atoms with Crippen LogP contribution in [-0.2, 0) is 5.92 Å². The molecular formula is C24H19F8NO2. The number of hydrogen-bond donors (Lipinski definition) is 1. The van der Waals surface area contributed by atoms with Gasteiger partial charge in [0.15, 0.2) is 6.10 Å². The number of aliphatic hydroxyl groups excluding tert-OH is 1. The number of aryl methyl sites for hydroxylation is 1. The van der Waals surface area contributed by atoms with E-state index in [2.05, 4.69) is 0 Å². The molecule has 3 aromatic rings. The van der Waals surface area contributed by atoms with E-state index in [-0.39, 0.29) is 11.4 Å². The van der Waals surface area contributed by atoms with Crippen molar-refractivity contribution >= 4 is 11.4 Å². The molecule has 0 saturated heterocycles. The normalized spacial score (nSPS) is 13.4. The van der Waals surface area contributed by atoms with Crippen molar-refractivity contribution in [3.8, 4) is 11.5 Å². The number of rotatable bonds is 7. The molecule has 35 heavy (non-hydrogen) atoms. The maximum absolute atomic E-state index is 13.9. The Bertz CT molecular complexity index is 1140. The molecule has 3 nitrogen and oxygen atoms in total. The quantitative estimate of drug-likeness (QED) is 0.338. The van der Waals surface area contributed by atoms with Crippen LogP contribution in [0.15, 0.2) is 72.8 Å². The van der Waals surface area contributed by atoms with E-state index in [1.54, 1.807) is 24.3 Å². The average Bonchev–Trinajstić information content (AvgIpc) is 2.77. The molecule has 0 heterocycles. The van der Waals surface area contributed by atoms with E-state index in [9.17, 15) is 40.2 Å². The van der Waals surface area contributed by atoms with Crippen LogP contribution in [0.4, 0.5) is 46.5 Å². The van der Waals surface area contributed by atoms with Gasteiger partial charge < -0.3 is 14.7 Å². The Morgan fingerprint density at radius 2 is 1.34 bits per heavy atom. The summed E-state index contributed by atoms with van der Waals surface area (Å²) in [6, 6.07) is 15.2. The lowest BCUT2D eigenvalue weighted by atomic mass is 10.1. The van der Waals surface area contributed by atoms with E-state index < -0.39 is 42.2 Å². The Kier molecular flexibility index (Phi) is 7.30. The van der Waals surface area contributed by atoms with Crippen molar-refractivity contribution in [3.05, 3.63) is 83.9 Å².